The molecule has 51 heavy (non-hydrogen) atoms. The molecule has 0 aliphatic heterocycles. The molecule has 0 fully saturated rings. The number of unbranched alkanes of at least 4 members (excludes halogenated alkanes) is 8. The Balaban J connectivity index is 1.88. The van der Waals surface area contributed by atoms with Crippen LogP contribution in [-0.2, 0) is 28.5 Å². The van der Waals surface area contributed by atoms with Gasteiger partial charge in [0.2, 0.25) is 0 Å². The lowest BCUT2D eigenvalue weighted by atomic mass is 9.99. The summed E-state index contributed by atoms with van der Waals surface area (Å²) in [5.74, 6) is 0.952. The van der Waals surface area contributed by atoms with Crippen LogP contribution in [0.5, 0.6) is 11.5 Å². The summed E-state index contributed by atoms with van der Waals surface area (Å²) in [5, 5.41) is 3.54. The first kappa shape index (κ1) is 42.1. The van der Waals surface area contributed by atoms with Crippen LogP contribution in [0.25, 0.3) is 21.5 Å². The van der Waals surface area contributed by atoms with Crippen molar-refractivity contribution < 1.29 is 38.0 Å². The number of fused-ring (bicyclic) bond motifs is 2. The van der Waals surface area contributed by atoms with E-state index in [1.165, 1.54) is 0 Å². The van der Waals surface area contributed by atoms with E-state index < -0.39 is 12.2 Å². The molecule has 8 nitrogen and oxygen atoms in total. The van der Waals surface area contributed by atoms with Gasteiger partial charge in [-0.25, -0.2) is 0 Å². The van der Waals surface area contributed by atoms with Gasteiger partial charge >= 0.3 is 11.9 Å². The summed E-state index contributed by atoms with van der Waals surface area (Å²) in [6.45, 7) is 12.7. The Morgan fingerprint density at radius 1 is 0.529 bits per heavy atom. The quantitative estimate of drug-likeness (QED) is 0.0418. The van der Waals surface area contributed by atoms with Crippen molar-refractivity contribution in [2.45, 2.75) is 137 Å². The van der Waals surface area contributed by atoms with Crippen molar-refractivity contribution in [1.29, 1.82) is 0 Å². The molecular formula is C43H64O8. The lowest BCUT2D eigenvalue weighted by molar-refractivity contribution is -0.155. The maximum Gasteiger partial charge on any atom is 0.306 e. The van der Waals surface area contributed by atoms with Crippen molar-refractivity contribution in [3.05, 3.63) is 48.0 Å². The van der Waals surface area contributed by atoms with E-state index in [2.05, 4.69) is 39.8 Å². The van der Waals surface area contributed by atoms with Crippen LogP contribution >= 0.6 is 0 Å². The first-order valence-corrected chi connectivity index (χ1v) is 19.7. The van der Waals surface area contributed by atoms with E-state index >= 15 is 0 Å². The second-order valence-corrected chi connectivity index (χ2v) is 13.6. The molecule has 3 rings (SSSR count). The molecule has 0 spiro atoms. The highest BCUT2D eigenvalue weighted by Gasteiger charge is 2.22. The fourth-order valence-corrected chi connectivity index (χ4v) is 5.98. The van der Waals surface area contributed by atoms with Gasteiger partial charge in [-0.1, -0.05) is 121 Å². The molecule has 0 heterocycles. The van der Waals surface area contributed by atoms with Gasteiger partial charge in [-0.15, -0.1) is 0 Å². The van der Waals surface area contributed by atoms with E-state index in [-0.39, 0.29) is 38.4 Å². The molecule has 284 valence electrons. The molecule has 0 aliphatic carbocycles. The largest absolute Gasteiger partial charge is 0.488 e. The van der Waals surface area contributed by atoms with Crippen molar-refractivity contribution in [1.82, 2.24) is 0 Å². The average Bonchev–Trinajstić information content (AvgIpc) is 3.12. The molecule has 8 heteroatoms. The van der Waals surface area contributed by atoms with Gasteiger partial charge in [-0.3, -0.25) is 9.59 Å². The van der Waals surface area contributed by atoms with Gasteiger partial charge in [0.25, 0.3) is 0 Å². The lowest BCUT2D eigenvalue weighted by Gasteiger charge is -2.23. The number of carbonyl (C=O) groups excluding carboxylic acids is 2. The third-order valence-corrected chi connectivity index (χ3v) is 8.86. The minimum Gasteiger partial charge on any atom is -0.488 e. The SMILES string of the molecule is CCCCCOCC(COc1c2ccccc2c(OCC(COCCCCC)OC(=O)CCCCC)c2cc(C)ccc12)OC(=O)CCCCC. The molecule has 0 N–H and O–H groups in total. The molecular weight excluding hydrogens is 644 g/mol. The lowest BCUT2D eigenvalue weighted by Crippen LogP contribution is -2.30. The van der Waals surface area contributed by atoms with Gasteiger partial charge in [0.15, 0.2) is 12.2 Å². The second kappa shape index (κ2) is 24.8. The number of hydrogen-bond acceptors (Lipinski definition) is 8. The maximum absolute atomic E-state index is 12.8. The van der Waals surface area contributed by atoms with Crippen molar-refractivity contribution in [3.8, 4) is 11.5 Å². The molecule has 2 unspecified atom stereocenters. The third-order valence-electron chi connectivity index (χ3n) is 8.86. The fraction of sp³-hybridized carbons (Fsp3) is 0.628. The monoisotopic (exact) mass is 708 g/mol. The topological polar surface area (TPSA) is 89.5 Å². The van der Waals surface area contributed by atoms with Crippen LogP contribution in [0.2, 0.25) is 0 Å². The van der Waals surface area contributed by atoms with Crippen LogP contribution in [0, 0.1) is 6.92 Å². The maximum atomic E-state index is 12.8. The fourth-order valence-electron chi connectivity index (χ4n) is 5.98. The van der Waals surface area contributed by atoms with Crippen molar-refractivity contribution in [2.24, 2.45) is 0 Å². The van der Waals surface area contributed by atoms with Crippen molar-refractivity contribution >= 4 is 33.5 Å². The van der Waals surface area contributed by atoms with E-state index in [1.807, 2.05) is 37.3 Å². The van der Waals surface area contributed by atoms with Gasteiger partial charge < -0.3 is 28.4 Å². The Kier molecular flexibility index (Phi) is 20.4. The molecule has 0 bridgehead atoms. The summed E-state index contributed by atoms with van der Waals surface area (Å²) in [4.78, 5) is 25.5. The van der Waals surface area contributed by atoms with Crippen LogP contribution in [0.4, 0.5) is 0 Å². The van der Waals surface area contributed by atoms with Crippen molar-refractivity contribution in [3.63, 3.8) is 0 Å². The number of carbonyl (C=O) groups is 2. The number of benzene rings is 3. The number of rotatable bonds is 28. The van der Waals surface area contributed by atoms with Crippen molar-refractivity contribution in [2.75, 3.05) is 39.6 Å². The minimum atomic E-state index is -0.541. The number of esters is 2. The van der Waals surface area contributed by atoms with Gasteiger partial charge in [0.1, 0.15) is 24.7 Å². The Hall–Kier alpha value is -3.36. The molecule has 0 radical (unpaired) electrons. The molecule has 3 aromatic rings. The van der Waals surface area contributed by atoms with E-state index in [0.29, 0.717) is 37.6 Å². The first-order chi connectivity index (χ1) is 24.9. The first-order valence-electron chi connectivity index (χ1n) is 19.7. The number of aryl methyl sites for hydroxylation is 1. The molecule has 0 aliphatic rings. The molecule has 0 saturated carbocycles. The number of ether oxygens (including phenoxy) is 6. The summed E-state index contributed by atoms with van der Waals surface area (Å²) in [6, 6.07) is 14.2. The van der Waals surface area contributed by atoms with E-state index in [0.717, 1.165) is 104 Å². The average molecular weight is 709 g/mol. The zero-order valence-electron chi connectivity index (χ0n) is 32.1. The smallest absolute Gasteiger partial charge is 0.306 e. The summed E-state index contributed by atoms with van der Waals surface area (Å²) < 4.78 is 37.0. The van der Waals surface area contributed by atoms with Crippen LogP contribution in [0.1, 0.15) is 123 Å². The highest BCUT2D eigenvalue weighted by Crippen LogP contribution is 2.43. The second-order valence-electron chi connectivity index (χ2n) is 13.6. The highest BCUT2D eigenvalue weighted by molar-refractivity contribution is 6.11. The molecule has 0 amide bonds. The predicted molar refractivity (Wildman–Crippen MR) is 206 cm³/mol. The minimum absolute atomic E-state index is 0.159. The normalized spacial score (nSPS) is 12.6. The van der Waals surface area contributed by atoms with Crippen LogP contribution in [-0.4, -0.2) is 63.8 Å². The van der Waals surface area contributed by atoms with Gasteiger partial charge in [0.05, 0.1) is 13.2 Å². The standard InChI is InChI=1S/C43H64O8/c1-6-10-14-22-40(44)50-34(29-46-26-18-12-8-3)31-48-42-36-20-16-17-21-37(36)43(39-28-33(5)24-25-38(39)42)49-32-35(30-47-27-19-13-9-4)51-41(45)23-15-11-7-2/h16-17,20-21,24-25,28,34-35H,6-15,18-19,22-23,26-27,29-32H2,1-5H3. The summed E-state index contributed by atoms with van der Waals surface area (Å²) in [6.07, 6.45) is 11.7. The predicted octanol–water partition coefficient (Wildman–Crippen LogP) is 10.5. The zero-order chi connectivity index (χ0) is 36.7. The van der Waals surface area contributed by atoms with Crippen LogP contribution < -0.4 is 9.47 Å². The number of hydrogen-bond donors (Lipinski definition) is 0. The summed E-state index contributed by atoms with van der Waals surface area (Å²) in [5.41, 5.74) is 1.08. The Morgan fingerprint density at radius 2 is 0.961 bits per heavy atom. The molecule has 0 saturated heterocycles. The summed E-state index contributed by atoms with van der Waals surface area (Å²) >= 11 is 0. The summed E-state index contributed by atoms with van der Waals surface area (Å²) in [7, 11) is 0. The van der Waals surface area contributed by atoms with Gasteiger partial charge in [-0.05, 0) is 38.7 Å². The van der Waals surface area contributed by atoms with Gasteiger partial charge in [0, 0.05) is 47.6 Å². The van der Waals surface area contributed by atoms with Gasteiger partial charge in [-0.2, -0.15) is 0 Å². The third kappa shape index (κ3) is 15.0. The Morgan fingerprint density at radius 3 is 1.43 bits per heavy atom. The van der Waals surface area contributed by atoms with Crippen LogP contribution in [0.3, 0.4) is 0 Å². The molecule has 2 atom stereocenters. The molecule has 3 aromatic carbocycles. The highest BCUT2D eigenvalue weighted by atomic mass is 16.6. The van der Waals surface area contributed by atoms with E-state index in [9.17, 15) is 9.59 Å². The van der Waals surface area contributed by atoms with E-state index in [4.69, 9.17) is 28.4 Å². The Bertz CT molecular complexity index is 1440. The van der Waals surface area contributed by atoms with Crippen LogP contribution in [0.15, 0.2) is 42.5 Å². The zero-order valence-corrected chi connectivity index (χ0v) is 32.1. The Labute approximate surface area is 306 Å². The molecule has 0 aromatic heterocycles. The van der Waals surface area contributed by atoms with E-state index in [1.54, 1.807) is 0 Å².